The maximum atomic E-state index is 13.7. The highest BCUT2D eigenvalue weighted by Gasteiger charge is 2.39. The Bertz CT molecular complexity index is 367. The van der Waals surface area contributed by atoms with Crippen molar-refractivity contribution in [1.82, 2.24) is 5.32 Å². The van der Waals surface area contributed by atoms with Crippen LogP contribution in [-0.2, 0) is 0 Å². The predicted octanol–water partition coefficient (Wildman–Crippen LogP) is 3.58. The van der Waals surface area contributed by atoms with E-state index in [2.05, 4.69) is 12.2 Å². The third-order valence-corrected chi connectivity index (χ3v) is 3.43. The minimum absolute atomic E-state index is 0.229. The van der Waals surface area contributed by atoms with Crippen LogP contribution < -0.4 is 5.32 Å². The molecule has 1 aromatic carbocycles. The van der Waals surface area contributed by atoms with Gasteiger partial charge in [-0.15, -0.1) is 0 Å². The summed E-state index contributed by atoms with van der Waals surface area (Å²) in [4.78, 5) is 0. The van der Waals surface area contributed by atoms with Gasteiger partial charge in [-0.05, 0) is 49.4 Å². The second-order valence-electron chi connectivity index (χ2n) is 4.45. The molecule has 1 saturated carbocycles. The summed E-state index contributed by atoms with van der Waals surface area (Å²) in [5.41, 5.74) is 0.788. The number of rotatable bonds is 5. The summed E-state index contributed by atoms with van der Waals surface area (Å²) < 4.78 is 13.7. The Balaban J connectivity index is 1.93. The molecule has 1 fully saturated rings. The monoisotopic (exact) mass is 241 g/mol. The van der Waals surface area contributed by atoms with E-state index in [4.69, 9.17) is 11.6 Å². The highest BCUT2D eigenvalue weighted by Crippen LogP contribution is 2.48. The number of hydrogen-bond donors (Lipinski definition) is 1. The molecule has 2 unspecified atom stereocenters. The lowest BCUT2D eigenvalue weighted by molar-refractivity contribution is 0.591. The lowest BCUT2D eigenvalue weighted by atomic mass is 10.1. The zero-order valence-electron chi connectivity index (χ0n) is 9.47. The van der Waals surface area contributed by atoms with Gasteiger partial charge >= 0.3 is 0 Å². The Morgan fingerprint density at radius 3 is 3.06 bits per heavy atom. The number of nitrogens with one attached hydrogen (secondary N) is 1. The smallest absolute Gasteiger partial charge is 0.145 e. The Morgan fingerprint density at radius 1 is 1.50 bits per heavy atom. The highest BCUT2D eigenvalue weighted by atomic mass is 35.5. The molecule has 2 rings (SSSR count). The van der Waals surface area contributed by atoms with Crippen LogP contribution in [0.2, 0.25) is 5.02 Å². The molecule has 0 aromatic heterocycles. The molecule has 0 saturated heterocycles. The lowest BCUT2D eigenvalue weighted by Crippen LogP contribution is -2.18. The van der Waals surface area contributed by atoms with Gasteiger partial charge in [0.05, 0.1) is 5.02 Å². The first kappa shape index (κ1) is 11.9. The summed E-state index contributed by atoms with van der Waals surface area (Å²) in [7, 11) is 0. The van der Waals surface area contributed by atoms with Crippen molar-refractivity contribution in [3.05, 3.63) is 34.6 Å². The molecule has 0 aliphatic heterocycles. The first-order valence-corrected chi connectivity index (χ1v) is 6.26. The van der Waals surface area contributed by atoms with Gasteiger partial charge in [-0.1, -0.05) is 30.7 Å². The molecule has 3 heteroatoms. The van der Waals surface area contributed by atoms with E-state index in [1.165, 1.54) is 0 Å². The molecule has 1 N–H and O–H groups in total. The largest absolute Gasteiger partial charge is 0.316 e. The SMILES string of the molecule is CCCNCC1CC1c1cccc(Cl)c1F. The molecule has 0 amide bonds. The van der Waals surface area contributed by atoms with Crippen LogP contribution in [0, 0.1) is 11.7 Å². The summed E-state index contributed by atoms with van der Waals surface area (Å²) in [5.74, 6) is 0.717. The van der Waals surface area contributed by atoms with Gasteiger partial charge in [0.15, 0.2) is 0 Å². The van der Waals surface area contributed by atoms with Crippen molar-refractivity contribution >= 4 is 11.6 Å². The van der Waals surface area contributed by atoms with E-state index in [0.717, 1.165) is 31.5 Å². The van der Waals surface area contributed by atoms with Gasteiger partial charge in [0.1, 0.15) is 5.82 Å². The molecule has 16 heavy (non-hydrogen) atoms. The van der Waals surface area contributed by atoms with Crippen LogP contribution in [0.15, 0.2) is 18.2 Å². The van der Waals surface area contributed by atoms with Gasteiger partial charge in [0.25, 0.3) is 0 Å². The number of benzene rings is 1. The second-order valence-corrected chi connectivity index (χ2v) is 4.86. The summed E-state index contributed by atoms with van der Waals surface area (Å²) >= 11 is 5.77. The van der Waals surface area contributed by atoms with Crippen LogP contribution in [0.5, 0.6) is 0 Å². The predicted molar refractivity (Wildman–Crippen MR) is 65.4 cm³/mol. The topological polar surface area (TPSA) is 12.0 Å². The first-order valence-electron chi connectivity index (χ1n) is 5.88. The fraction of sp³-hybridized carbons (Fsp3) is 0.538. The lowest BCUT2D eigenvalue weighted by Gasteiger charge is -2.04. The van der Waals surface area contributed by atoms with Gasteiger partial charge in [-0.2, -0.15) is 0 Å². The molecular formula is C13H17ClFN. The number of halogens is 2. The van der Waals surface area contributed by atoms with Gasteiger partial charge in [-0.3, -0.25) is 0 Å². The van der Waals surface area contributed by atoms with Crippen molar-refractivity contribution in [2.75, 3.05) is 13.1 Å². The van der Waals surface area contributed by atoms with E-state index in [0.29, 0.717) is 11.8 Å². The quantitative estimate of drug-likeness (QED) is 0.777. The van der Waals surface area contributed by atoms with Crippen molar-refractivity contribution < 1.29 is 4.39 Å². The van der Waals surface area contributed by atoms with E-state index in [1.807, 2.05) is 12.1 Å². The fourth-order valence-electron chi connectivity index (χ4n) is 2.13. The average molecular weight is 242 g/mol. The van der Waals surface area contributed by atoms with E-state index in [9.17, 15) is 4.39 Å². The maximum Gasteiger partial charge on any atom is 0.145 e. The van der Waals surface area contributed by atoms with Crippen LogP contribution >= 0.6 is 11.6 Å². The van der Waals surface area contributed by atoms with Gasteiger partial charge in [0, 0.05) is 0 Å². The Kier molecular flexibility index (Phi) is 3.82. The summed E-state index contributed by atoms with van der Waals surface area (Å²) in [6.45, 7) is 4.18. The van der Waals surface area contributed by atoms with Gasteiger partial charge in [0.2, 0.25) is 0 Å². The summed E-state index contributed by atoms with van der Waals surface area (Å²) in [5, 5.41) is 3.62. The molecular weight excluding hydrogens is 225 g/mol. The van der Waals surface area contributed by atoms with Crippen molar-refractivity contribution in [2.24, 2.45) is 5.92 Å². The summed E-state index contributed by atoms with van der Waals surface area (Å²) in [6, 6.07) is 5.29. The van der Waals surface area contributed by atoms with Crippen LogP contribution in [-0.4, -0.2) is 13.1 Å². The molecule has 0 heterocycles. The zero-order chi connectivity index (χ0) is 11.5. The molecule has 1 aromatic rings. The molecule has 1 nitrogen and oxygen atoms in total. The Labute approximate surface area is 101 Å². The highest BCUT2D eigenvalue weighted by molar-refractivity contribution is 6.30. The van der Waals surface area contributed by atoms with E-state index in [1.54, 1.807) is 6.07 Å². The first-order chi connectivity index (χ1) is 7.74. The van der Waals surface area contributed by atoms with Crippen LogP contribution in [0.25, 0.3) is 0 Å². The maximum absolute atomic E-state index is 13.7. The van der Waals surface area contributed by atoms with E-state index < -0.39 is 0 Å². The Hall–Kier alpha value is -0.600. The molecule has 0 bridgehead atoms. The number of hydrogen-bond acceptors (Lipinski definition) is 1. The average Bonchev–Trinajstić information content (AvgIpc) is 3.02. The molecule has 0 radical (unpaired) electrons. The molecule has 2 atom stereocenters. The minimum Gasteiger partial charge on any atom is -0.316 e. The normalized spacial score (nSPS) is 23.4. The van der Waals surface area contributed by atoms with Crippen molar-refractivity contribution in [2.45, 2.75) is 25.7 Å². The van der Waals surface area contributed by atoms with Crippen LogP contribution in [0.1, 0.15) is 31.2 Å². The fourth-order valence-corrected chi connectivity index (χ4v) is 2.31. The van der Waals surface area contributed by atoms with E-state index in [-0.39, 0.29) is 10.8 Å². The van der Waals surface area contributed by atoms with Gasteiger partial charge in [-0.25, -0.2) is 4.39 Å². The van der Waals surface area contributed by atoms with E-state index >= 15 is 0 Å². The molecule has 1 aliphatic rings. The molecule has 1 aliphatic carbocycles. The van der Waals surface area contributed by atoms with Crippen molar-refractivity contribution in [1.29, 1.82) is 0 Å². The van der Waals surface area contributed by atoms with Crippen molar-refractivity contribution in [3.8, 4) is 0 Å². The third-order valence-electron chi connectivity index (χ3n) is 3.14. The third kappa shape index (κ3) is 2.55. The van der Waals surface area contributed by atoms with Gasteiger partial charge < -0.3 is 5.32 Å². The summed E-state index contributed by atoms with van der Waals surface area (Å²) in [6.07, 6.45) is 2.22. The molecule has 88 valence electrons. The molecule has 0 spiro atoms. The van der Waals surface area contributed by atoms with Crippen molar-refractivity contribution in [3.63, 3.8) is 0 Å². The second kappa shape index (κ2) is 5.15. The van der Waals surface area contributed by atoms with Crippen LogP contribution in [0.4, 0.5) is 4.39 Å². The zero-order valence-corrected chi connectivity index (χ0v) is 10.2. The minimum atomic E-state index is -0.229. The standard InChI is InChI=1S/C13H17ClFN/c1-2-6-16-8-9-7-11(9)10-4-3-5-12(14)13(10)15/h3-5,9,11,16H,2,6-8H2,1H3. The Morgan fingerprint density at radius 2 is 2.31 bits per heavy atom. The van der Waals surface area contributed by atoms with Crippen LogP contribution in [0.3, 0.4) is 0 Å².